The van der Waals surface area contributed by atoms with Gasteiger partial charge in [0.15, 0.2) is 0 Å². The van der Waals surface area contributed by atoms with Gasteiger partial charge < -0.3 is 15.4 Å². The Labute approximate surface area is 204 Å². The van der Waals surface area contributed by atoms with Gasteiger partial charge in [-0.1, -0.05) is 18.7 Å². The third-order valence-corrected chi connectivity index (χ3v) is 5.59. The first-order valence-corrected chi connectivity index (χ1v) is 11.7. The van der Waals surface area contributed by atoms with Crippen LogP contribution in [-0.2, 0) is 4.74 Å². The lowest BCUT2D eigenvalue weighted by molar-refractivity contribution is -0.0878. The number of hydrogen-bond acceptors (Lipinski definition) is 6. The van der Waals surface area contributed by atoms with Gasteiger partial charge in [0, 0.05) is 35.3 Å². The molecule has 0 radical (unpaired) electrons. The normalized spacial score (nSPS) is 17.2. The van der Waals surface area contributed by atoms with E-state index in [4.69, 9.17) is 4.74 Å². The molecule has 2 heterocycles. The van der Waals surface area contributed by atoms with E-state index in [0.29, 0.717) is 30.5 Å². The van der Waals surface area contributed by atoms with Gasteiger partial charge in [-0.15, -0.1) is 0 Å². The summed E-state index contributed by atoms with van der Waals surface area (Å²) in [6, 6.07) is 0. The number of hydrogen-bond donors (Lipinski definition) is 2. The summed E-state index contributed by atoms with van der Waals surface area (Å²) in [6.07, 6.45) is 12.2. The molecule has 1 aromatic heterocycles. The third kappa shape index (κ3) is 8.43. The lowest BCUT2D eigenvalue weighted by atomic mass is 10.2. The molecule has 0 amide bonds. The van der Waals surface area contributed by atoms with Crippen molar-refractivity contribution in [3.05, 3.63) is 83.6 Å². The standard InChI is InChI=1S/C26H32F3N5O/c1-4-21(11-10-20(3)26(27,28)29)31-24-19(2)18-30-25(33-24)32-22-8-7-9-23(13-12-22)35-17-16-34-14-5-6-15-34/h4,8-13,18H,3,5-7,14-17H2,1-2H3,(H2,30,31,32,33)/b11-10-,21-4+. The fraction of sp³-hybridized carbons (Fsp3) is 0.385. The highest BCUT2D eigenvalue weighted by atomic mass is 19.4. The molecule has 35 heavy (non-hydrogen) atoms. The van der Waals surface area contributed by atoms with Crippen molar-refractivity contribution in [1.29, 1.82) is 0 Å². The largest absolute Gasteiger partial charge is 0.493 e. The third-order valence-electron chi connectivity index (χ3n) is 5.59. The molecule has 1 saturated heterocycles. The number of alkyl halides is 3. The molecule has 2 aliphatic rings. The van der Waals surface area contributed by atoms with Crippen molar-refractivity contribution in [2.75, 3.05) is 36.9 Å². The molecule has 0 spiro atoms. The topological polar surface area (TPSA) is 62.3 Å². The second kappa shape index (κ2) is 12.4. The van der Waals surface area contributed by atoms with E-state index in [9.17, 15) is 13.2 Å². The van der Waals surface area contributed by atoms with Crippen LogP contribution in [0.5, 0.6) is 0 Å². The molecule has 188 valence electrons. The highest BCUT2D eigenvalue weighted by Crippen LogP contribution is 2.25. The molecule has 9 heteroatoms. The summed E-state index contributed by atoms with van der Waals surface area (Å²) in [5.74, 6) is 1.68. The second-order valence-corrected chi connectivity index (χ2v) is 8.31. The van der Waals surface area contributed by atoms with E-state index in [0.717, 1.165) is 42.7 Å². The Balaban J connectivity index is 1.57. The van der Waals surface area contributed by atoms with Crippen LogP contribution < -0.4 is 10.6 Å². The molecule has 3 rings (SSSR count). The first kappa shape index (κ1) is 26.3. The van der Waals surface area contributed by atoms with Gasteiger partial charge >= 0.3 is 6.18 Å². The van der Waals surface area contributed by atoms with Crippen molar-refractivity contribution in [2.45, 2.75) is 39.3 Å². The zero-order valence-electron chi connectivity index (χ0n) is 20.2. The van der Waals surface area contributed by atoms with Gasteiger partial charge in [0.1, 0.15) is 18.2 Å². The zero-order valence-corrected chi connectivity index (χ0v) is 20.2. The van der Waals surface area contributed by atoms with Crippen LogP contribution >= 0.6 is 0 Å². The van der Waals surface area contributed by atoms with Crippen LogP contribution in [0.3, 0.4) is 0 Å². The van der Waals surface area contributed by atoms with Crippen LogP contribution in [0.25, 0.3) is 0 Å². The molecule has 1 aliphatic heterocycles. The molecule has 0 unspecified atom stereocenters. The minimum absolute atomic E-state index is 0.367. The second-order valence-electron chi connectivity index (χ2n) is 8.31. The Kier molecular flexibility index (Phi) is 9.31. The van der Waals surface area contributed by atoms with Crippen molar-refractivity contribution in [3.8, 4) is 0 Å². The average Bonchev–Trinajstić information content (AvgIpc) is 3.24. The summed E-state index contributed by atoms with van der Waals surface area (Å²) in [7, 11) is 0. The SMILES string of the molecule is C=C(/C=C\C(=C/C)Nc1nc(NC2=CCC=C(OCCN3CCCC3)C=C2)ncc1C)C(F)(F)F. The molecule has 0 aromatic carbocycles. The number of anilines is 2. The van der Waals surface area contributed by atoms with Crippen molar-refractivity contribution < 1.29 is 17.9 Å². The van der Waals surface area contributed by atoms with E-state index < -0.39 is 11.7 Å². The van der Waals surface area contributed by atoms with Crippen LogP contribution in [0, 0.1) is 6.92 Å². The number of rotatable bonds is 10. The zero-order chi connectivity index (χ0) is 25.3. The molecular formula is C26H32F3N5O. The van der Waals surface area contributed by atoms with Crippen molar-refractivity contribution in [1.82, 2.24) is 14.9 Å². The fourth-order valence-corrected chi connectivity index (χ4v) is 3.50. The van der Waals surface area contributed by atoms with E-state index in [-0.39, 0.29) is 0 Å². The molecular weight excluding hydrogens is 455 g/mol. The molecule has 6 nitrogen and oxygen atoms in total. The number of aryl methyl sites for hydroxylation is 1. The van der Waals surface area contributed by atoms with Crippen LogP contribution in [0.2, 0.25) is 0 Å². The minimum Gasteiger partial charge on any atom is -0.493 e. The smallest absolute Gasteiger partial charge is 0.415 e. The molecule has 0 atom stereocenters. The van der Waals surface area contributed by atoms with Crippen LogP contribution in [0.1, 0.15) is 31.7 Å². The molecule has 0 saturated carbocycles. The maximum absolute atomic E-state index is 12.7. The predicted molar refractivity (Wildman–Crippen MR) is 134 cm³/mol. The highest BCUT2D eigenvalue weighted by Gasteiger charge is 2.29. The number of nitrogens with zero attached hydrogens (tertiary/aromatic N) is 3. The monoisotopic (exact) mass is 487 g/mol. The van der Waals surface area contributed by atoms with Crippen molar-refractivity contribution >= 4 is 11.8 Å². The summed E-state index contributed by atoms with van der Waals surface area (Å²) < 4.78 is 44.0. The van der Waals surface area contributed by atoms with Gasteiger partial charge in [-0.05, 0) is 76.6 Å². The Morgan fingerprint density at radius 3 is 2.69 bits per heavy atom. The van der Waals surface area contributed by atoms with Gasteiger partial charge in [0.25, 0.3) is 0 Å². The highest BCUT2D eigenvalue weighted by molar-refractivity contribution is 5.54. The number of likely N-dealkylation sites (tertiary alicyclic amines) is 1. The van der Waals surface area contributed by atoms with Gasteiger partial charge in [-0.2, -0.15) is 18.2 Å². The Morgan fingerprint density at radius 1 is 1.20 bits per heavy atom. The minimum atomic E-state index is -4.47. The van der Waals surface area contributed by atoms with Gasteiger partial charge in [0.2, 0.25) is 5.95 Å². The van der Waals surface area contributed by atoms with E-state index >= 15 is 0 Å². The molecule has 1 fully saturated rings. The summed E-state index contributed by atoms with van der Waals surface area (Å²) >= 11 is 0. The van der Waals surface area contributed by atoms with Crippen LogP contribution in [0.15, 0.2) is 78.0 Å². The summed E-state index contributed by atoms with van der Waals surface area (Å²) in [4.78, 5) is 11.2. The Bertz CT molecular complexity index is 1050. The average molecular weight is 488 g/mol. The first-order valence-electron chi connectivity index (χ1n) is 11.7. The predicted octanol–water partition coefficient (Wildman–Crippen LogP) is 6.03. The number of nitrogens with one attached hydrogen (secondary N) is 2. The fourth-order valence-electron chi connectivity index (χ4n) is 3.50. The van der Waals surface area contributed by atoms with Crippen LogP contribution in [0.4, 0.5) is 24.9 Å². The molecule has 0 bridgehead atoms. The quantitative estimate of drug-likeness (QED) is 0.393. The molecule has 1 aliphatic carbocycles. The lowest BCUT2D eigenvalue weighted by Gasteiger charge is -2.15. The lowest BCUT2D eigenvalue weighted by Crippen LogP contribution is -2.23. The number of ether oxygens (including phenoxy) is 1. The van der Waals surface area contributed by atoms with Crippen LogP contribution in [-0.4, -0.2) is 47.3 Å². The van der Waals surface area contributed by atoms with E-state index in [1.165, 1.54) is 18.9 Å². The maximum atomic E-state index is 12.7. The summed E-state index contributed by atoms with van der Waals surface area (Å²) in [5, 5.41) is 6.24. The summed E-state index contributed by atoms with van der Waals surface area (Å²) in [5.41, 5.74) is 1.10. The number of allylic oxidation sites excluding steroid dienone is 8. The van der Waals surface area contributed by atoms with Crippen molar-refractivity contribution in [3.63, 3.8) is 0 Å². The number of aromatic nitrogens is 2. The first-order chi connectivity index (χ1) is 16.7. The van der Waals surface area contributed by atoms with E-state index in [2.05, 4.69) is 32.1 Å². The maximum Gasteiger partial charge on any atom is 0.415 e. The van der Waals surface area contributed by atoms with Gasteiger partial charge in [-0.25, -0.2) is 4.98 Å². The van der Waals surface area contributed by atoms with Gasteiger partial charge in [-0.3, -0.25) is 4.90 Å². The number of halogens is 3. The van der Waals surface area contributed by atoms with E-state index in [1.54, 1.807) is 19.2 Å². The van der Waals surface area contributed by atoms with Gasteiger partial charge in [0.05, 0.1) is 0 Å². The summed E-state index contributed by atoms with van der Waals surface area (Å²) in [6.45, 7) is 10.5. The molecule has 2 N–H and O–H groups in total. The van der Waals surface area contributed by atoms with E-state index in [1.807, 2.05) is 31.2 Å². The Hall–Kier alpha value is -3.33. The van der Waals surface area contributed by atoms with Crippen molar-refractivity contribution in [2.24, 2.45) is 0 Å². The molecule has 1 aromatic rings. The Morgan fingerprint density at radius 2 is 1.97 bits per heavy atom.